The van der Waals surface area contributed by atoms with E-state index in [-0.39, 0.29) is 6.61 Å². The van der Waals surface area contributed by atoms with Crippen LogP contribution < -0.4 is 9.47 Å². The van der Waals surface area contributed by atoms with Crippen molar-refractivity contribution in [1.29, 1.82) is 0 Å². The van der Waals surface area contributed by atoms with Gasteiger partial charge in [0.25, 0.3) is 0 Å². The first-order valence-corrected chi connectivity index (χ1v) is 8.42. The molecule has 0 aliphatic heterocycles. The van der Waals surface area contributed by atoms with Crippen LogP contribution in [0.5, 0.6) is 11.5 Å². The van der Waals surface area contributed by atoms with E-state index in [1.54, 1.807) is 20.1 Å². The van der Waals surface area contributed by atoms with E-state index in [1.807, 2.05) is 71.6 Å². The van der Waals surface area contributed by atoms with Crippen LogP contribution in [0.25, 0.3) is 5.69 Å². The lowest BCUT2D eigenvalue weighted by molar-refractivity contribution is -0.151. The molecule has 0 spiro atoms. The van der Waals surface area contributed by atoms with E-state index in [9.17, 15) is 4.79 Å². The van der Waals surface area contributed by atoms with Crippen LogP contribution in [0.1, 0.15) is 18.6 Å². The SMILES string of the molecule is CCOC(=O)C(Oc1ccccc1-n1cccc1)c1cccc(OC)c1. The number of esters is 1. The summed E-state index contributed by atoms with van der Waals surface area (Å²) >= 11 is 0. The van der Waals surface area contributed by atoms with E-state index in [4.69, 9.17) is 14.2 Å². The van der Waals surface area contributed by atoms with Gasteiger partial charge in [-0.3, -0.25) is 0 Å². The maximum Gasteiger partial charge on any atom is 0.352 e. The Bertz CT molecular complexity index is 858. The fourth-order valence-corrected chi connectivity index (χ4v) is 2.67. The minimum absolute atomic E-state index is 0.280. The van der Waals surface area contributed by atoms with E-state index in [0.717, 1.165) is 5.69 Å². The Morgan fingerprint density at radius 1 is 1.04 bits per heavy atom. The van der Waals surface area contributed by atoms with Crippen molar-refractivity contribution in [1.82, 2.24) is 4.57 Å². The van der Waals surface area contributed by atoms with Crippen LogP contribution in [0.4, 0.5) is 0 Å². The van der Waals surface area contributed by atoms with Crippen LogP contribution >= 0.6 is 0 Å². The van der Waals surface area contributed by atoms with Crippen molar-refractivity contribution in [3.05, 3.63) is 78.6 Å². The third kappa shape index (κ3) is 3.88. The zero-order valence-electron chi connectivity index (χ0n) is 14.8. The summed E-state index contributed by atoms with van der Waals surface area (Å²) in [5, 5.41) is 0. The summed E-state index contributed by atoms with van der Waals surface area (Å²) in [5.41, 5.74) is 1.51. The zero-order chi connectivity index (χ0) is 18.4. The molecule has 3 rings (SSSR count). The third-order valence-corrected chi connectivity index (χ3v) is 3.89. The molecular formula is C21H21NO4. The molecule has 26 heavy (non-hydrogen) atoms. The number of hydrogen-bond donors (Lipinski definition) is 0. The summed E-state index contributed by atoms with van der Waals surface area (Å²) in [5.74, 6) is 0.798. The van der Waals surface area contributed by atoms with E-state index in [1.165, 1.54) is 0 Å². The normalized spacial score (nSPS) is 11.6. The number of rotatable bonds is 7. The molecule has 1 unspecified atom stereocenters. The second-order valence-corrected chi connectivity index (χ2v) is 5.58. The molecule has 0 saturated heterocycles. The molecule has 0 N–H and O–H groups in total. The molecule has 134 valence electrons. The molecule has 5 nitrogen and oxygen atoms in total. The Hall–Kier alpha value is -3.21. The monoisotopic (exact) mass is 351 g/mol. The number of aromatic nitrogens is 1. The topological polar surface area (TPSA) is 49.7 Å². The van der Waals surface area contributed by atoms with Crippen molar-refractivity contribution < 1.29 is 19.0 Å². The van der Waals surface area contributed by atoms with Gasteiger partial charge < -0.3 is 18.8 Å². The lowest BCUT2D eigenvalue weighted by Gasteiger charge is -2.20. The van der Waals surface area contributed by atoms with Gasteiger partial charge in [-0.05, 0) is 43.3 Å². The van der Waals surface area contributed by atoms with Gasteiger partial charge in [-0.1, -0.05) is 24.3 Å². The highest BCUT2D eigenvalue weighted by atomic mass is 16.6. The molecule has 0 aliphatic carbocycles. The number of para-hydroxylation sites is 2. The predicted molar refractivity (Wildman–Crippen MR) is 98.8 cm³/mol. The minimum Gasteiger partial charge on any atom is -0.497 e. The van der Waals surface area contributed by atoms with E-state index < -0.39 is 12.1 Å². The number of ether oxygens (including phenoxy) is 3. The van der Waals surface area contributed by atoms with Gasteiger partial charge in [0.05, 0.1) is 19.4 Å². The van der Waals surface area contributed by atoms with Crippen LogP contribution in [-0.4, -0.2) is 24.3 Å². The maximum absolute atomic E-state index is 12.6. The second kappa shape index (κ2) is 8.25. The van der Waals surface area contributed by atoms with Gasteiger partial charge in [0.2, 0.25) is 6.10 Å². The average Bonchev–Trinajstić information content (AvgIpc) is 3.21. The molecule has 0 amide bonds. The van der Waals surface area contributed by atoms with Crippen LogP contribution in [0, 0.1) is 0 Å². The fourth-order valence-electron chi connectivity index (χ4n) is 2.67. The van der Waals surface area contributed by atoms with Crippen molar-refractivity contribution in [2.24, 2.45) is 0 Å². The Balaban J connectivity index is 1.98. The van der Waals surface area contributed by atoms with Crippen LogP contribution in [-0.2, 0) is 9.53 Å². The number of carbonyl (C=O) groups excluding carboxylic acids is 1. The molecule has 3 aromatic rings. The molecule has 0 saturated carbocycles. The average molecular weight is 351 g/mol. The molecule has 1 heterocycles. The largest absolute Gasteiger partial charge is 0.497 e. The highest BCUT2D eigenvalue weighted by molar-refractivity contribution is 5.77. The molecule has 2 aromatic carbocycles. The van der Waals surface area contributed by atoms with Crippen LogP contribution in [0.3, 0.4) is 0 Å². The zero-order valence-corrected chi connectivity index (χ0v) is 14.8. The second-order valence-electron chi connectivity index (χ2n) is 5.58. The van der Waals surface area contributed by atoms with E-state index in [0.29, 0.717) is 17.1 Å². The summed E-state index contributed by atoms with van der Waals surface area (Å²) in [6.07, 6.45) is 2.96. The van der Waals surface area contributed by atoms with Gasteiger partial charge in [-0.15, -0.1) is 0 Å². The van der Waals surface area contributed by atoms with Crippen molar-refractivity contribution in [3.63, 3.8) is 0 Å². The van der Waals surface area contributed by atoms with Gasteiger partial charge in [-0.2, -0.15) is 0 Å². The van der Waals surface area contributed by atoms with Crippen LogP contribution in [0.2, 0.25) is 0 Å². The van der Waals surface area contributed by atoms with E-state index in [2.05, 4.69) is 0 Å². The maximum atomic E-state index is 12.6. The summed E-state index contributed by atoms with van der Waals surface area (Å²) in [4.78, 5) is 12.6. The predicted octanol–water partition coefficient (Wildman–Crippen LogP) is 4.17. The number of methoxy groups -OCH3 is 1. The number of hydrogen-bond acceptors (Lipinski definition) is 4. The first kappa shape index (κ1) is 17.6. The van der Waals surface area contributed by atoms with Crippen molar-refractivity contribution in [2.45, 2.75) is 13.0 Å². The standard InChI is InChI=1S/C21H21NO4/c1-3-25-21(23)20(16-9-8-10-17(15-16)24-2)26-19-12-5-4-11-18(19)22-13-6-7-14-22/h4-15,20H,3H2,1-2H3. The quantitative estimate of drug-likeness (QED) is 0.600. The van der Waals surface area contributed by atoms with Gasteiger partial charge in [0.15, 0.2) is 0 Å². The van der Waals surface area contributed by atoms with Gasteiger partial charge in [0.1, 0.15) is 11.5 Å². The first-order valence-electron chi connectivity index (χ1n) is 8.42. The fraction of sp³-hybridized carbons (Fsp3) is 0.190. The van der Waals surface area contributed by atoms with Gasteiger partial charge >= 0.3 is 5.97 Å². The summed E-state index contributed by atoms with van der Waals surface area (Å²) in [7, 11) is 1.58. The Labute approximate surface area is 152 Å². The molecule has 5 heteroatoms. The molecule has 0 bridgehead atoms. The molecule has 1 atom stereocenters. The molecule has 0 radical (unpaired) electrons. The molecular weight excluding hydrogens is 330 g/mol. The van der Waals surface area contributed by atoms with Crippen molar-refractivity contribution in [3.8, 4) is 17.2 Å². The molecule has 1 aromatic heterocycles. The van der Waals surface area contributed by atoms with Crippen molar-refractivity contribution in [2.75, 3.05) is 13.7 Å². The Kier molecular flexibility index (Phi) is 5.59. The molecule has 0 fully saturated rings. The van der Waals surface area contributed by atoms with Gasteiger partial charge in [0, 0.05) is 18.0 Å². The summed E-state index contributed by atoms with van der Waals surface area (Å²) in [6.45, 7) is 2.05. The number of carbonyl (C=O) groups is 1. The first-order chi connectivity index (χ1) is 12.7. The third-order valence-electron chi connectivity index (χ3n) is 3.89. The minimum atomic E-state index is -0.887. The Morgan fingerprint density at radius 3 is 2.54 bits per heavy atom. The number of nitrogens with zero attached hydrogens (tertiary/aromatic N) is 1. The summed E-state index contributed by atoms with van der Waals surface area (Å²) in [6, 6.07) is 18.7. The Morgan fingerprint density at radius 2 is 1.81 bits per heavy atom. The van der Waals surface area contributed by atoms with Crippen LogP contribution in [0.15, 0.2) is 73.1 Å². The lowest BCUT2D eigenvalue weighted by atomic mass is 10.1. The highest BCUT2D eigenvalue weighted by Gasteiger charge is 2.25. The highest BCUT2D eigenvalue weighted by Crippen LogP contribution is 2.30. The number of benzene rings is 2. The van der Waals surface area contributed by atoms with Gasteiger partial charge in [-0.25, -0.2) is 4.79 Å². The summed E-state index contributed by atoms with van der Waals surface area (Å²) < 4.78 is 18.5. The van der Waals surface area contributed by atoms with E-state index >= 15 is 0 Å². The molecule has 0 aliphatic rings. The lowest BCUT2D eigenvalue weighted by Crippen LogP contribution is -2.22. The smallest absolute Gasteiger partial charge is 0.352 e. The van der Waals surface area contributed by atoms with Crippen molar-refractivity contribution >= 4 is 5.97 Å².